The highest BCUT2D eigenvalue weighted by Crippen LogP contribution is 2.21. The summed E-state index contributed by atoms with van der Waals surface area (Å²) in [5.41, 5.74) is 6.73. The molecule has 0 saturated carbocycles. The lowest BCUT2D eigenvalue weighted by Crippen LogP contribution is -2.48. The van der Waals surface area contributed by atoms with Crippen LogP contribution in [0.2, 0.25) is 0 Å². The zero-order valence-corrected chi connectivity index (χ0v) is 11.0. The van der Waals surface area contributed by atoms with Crippen molar-refractivity contribution in [3.8, 4) is 0 Å². The second-order valence-corrected chi connectivity index (χ2v) is 4.70. The average Bonchev–Trinajstić information content (AvgIpc) is 2.42. The van der Waals surface area contributed by atoms with Crippen molar-refractivity contribution in [1.29, 1.82) is 0 Å². The second kappa shape index (κ2) is 5.61. The topological polar surface area (TPSA) is 67.2 Å². The third-order valence-corrected chi connectivity index (χ3v) is 3.31. The van der Waals surface area contributed by atoms with E-state index in [2.05, 4.69) is 23.6 Å². The zero-order valence-electron chi connectivity index (χ0n) is 11.0. The van der Waals surface area contributed by atoms with Gasteiger partial charge in [0.05, 0.1) is 5.54 Å². The first-order valence-electron chi connectivity index (χ1n) is 6.43. The highest BCUT2D eigenvalue weighted by atomic mass is 16.2. The van der Waals surface area contributed by atoms with Crippen molar-refractivity contribution in [2.24, 2.45) is 0 Å². The molecule has 100 valence electrons. The van der Waals surface area contributed by atoms with Crippen LogP contribution in [0.5, 0.6) is 0 Å². The third-order valence-electron chi connectivity index (χ3n) is 3.31. The minimum absolute atomic E-state index is 0.202. The molecule has 4 nitrogen and oxygen atoms in total. The third kappa shape index (κ3) is 3.37. The molecule has 1 aromatic carbocycles. The summed E-state index contributed by atoms with van der Waals surface area (Å²) in [6.45, 7) is 2.06. The summed E-state index contributed by atoms with van der Waals surface area (Å²) >= 11 is 0. The van der Waals surface area contributed by atoms with Crippen LogP contribution in [0.15, 0.2) is 48.6 Å². The number of anilines is 2. The highest BCUT2D eigenvalue weighted by Gasteiger charge is 2.26. The molecule has 1 aromatic rings. The number of carbonyl (C=O) groups excluding carboxylic acids is 1. The number of allylic oxidation sites excluding steroid dienone is 2. The minimum atomic E-state index is -0.285. The molecule has 4 heteroatoms. The van der Waals surface area contributed by atoms with Crippen molar-refractivity contribution in [3.63, 3.8) is 0 Å². The largest absolute Gasteiger partial charge is 0.399 e. The van der Waals surface area contributed by atoms with Crippen molar-refractivity contribution in [3.05, 3.63) is 48.6 Å². The van der Waals surface area contributed by atoms with Crippen LogP contribution in [-0.4, -0.2) is 11.6 Å². The van der Waals surface area contributed by atoms with E-state index in [0.717, 1.165) is 18.5 Å². The van der Waals surface area contributed by atoms with Crippen LogP contribution in [0.4, 0.5) is 16.2 Å². The van der Waals surface area contributed by atoms with Gasteiger partial charge in [0, 0.05) is 11.4 Å². The molecule has 0 aromatic heterocycles. The van der Waals surface area contributed by atoms with E-state index >= 15 is 0 Å². The quantitative estimate of drug-likeness (QED) is 0.728. The van der Waals surface area contributed by atoms with Crippen molar-refractivity contribution in [1.82, 2.24) is 5.32 Å². The van der Waals surface area contributed by atoms with Crippen LogP contribution < -0.4 is 16.4 Å². The molecule has 0 fully saturated rings. The van der Waals surface area contributed by atoms with Crippen molar-refractivity contribution in [2.45, 2.75) is 25.3 Å². The summed E-state index contributed by atoms with van der Waals surface area (Å²) in [6.07, 6.45) is 9.73. The monoisotopic (exact) mass is 257 g/mol. The molecule has 0 aliphatic heterocycles. The number of nitrogens with one attached hydrogen (secondary N) is 2. The van der Waals surface area contributed by atoms with Crippen molar-refractivity contribution >= 4 is 17.4 Å². The van der Waals surface area contributed by atoms with Crippen LogP contribution in [0, 0.1) is 0 Å². The number of benzene rings is 1. The standard InChI is InChI=1S/C15H19N3O/c1-2-15(10-4-3-5-11-15)18-14(19)17-13-8-6-12(16)7-9-13/h3-10H,2,11,16H2,1H3,(H2,17,18,19)/t15-/m1/s1. The van der Waals surface area contributed by atoms with E-state index in [9.17, 15) is 4.79 Å². The van der Waals surface area contributed by atoms with Gasteiger partial charge in [-0.3, -0.25) is 0 Å². The molecule has 0 heterocycles. The Balaban J connectivity index is 1.99. The molecule has 0 unspecified atom stereocenters. The van der Waals surface area contributed by atoms with Crippen molar-refractivity contribution in [2.75, 3.05) is 11.1 Å². The SMILES string of the molecule is CC[C@@]1(NC(=O)Nc2ccc(N)cc2)C=CC=CC1. The molecule has 4 N–H and O–H groups in total. The molecule has 1 aliphatic carbocycles. The summed E-state index contributed by atoms with van der Waals surface area (Å²) in [7, 11) is 0. The maximum atomic E-state index is 12.0. The number of amides is 2. The van der Waals surface area contributed by atoms with Gasteiger partial charge in [0.25, 0.3) is 0 Å². The maximum Gasteiger partial charge on any atom is 0.319 e. The van der Waals surface area contributed by atoms with E-state index in [1.54, 1.807) is 24.3 Å². The predicted octanol–water partition coefficient (Wildman–Crippen LogP) is 3.06. The molecule has 19 heavy (non-hydrogen) atoms. The first-order chi connectivity index (χ1) is 9.13. The smallest absolute Gasteiger partial charge is 0.319 e. The van der Waals surface area contributed by atoms with Gasteiger partial charge < -0.3 is 16.4 Å². The number of hydrogen-bond acceptors (Lipinski definition) is 2. The molecule has 2 rings (SSSR count). The van der Waals surface area contributed by atoms with Gasteiger partial charge in [0.15, 0.2) is 0 Å². The molecular formula is C15H19N3O. The predicted molar refractivity (Wildman–Crippen MR) is 78.9 cm³/mol. The first-order valence-corrected chi connectivity index (χ1v) is 6.43. The fraction of sp³-hybridized carbons (Fsp3) is 0.267. The Labute approximate surface area is 113 Å². The maximum absolute atomic E-state index is 12.0. The molecule has 0 saturated heterocycles. The van der Waals surface area contributed by atoms with E-state index in [-0.39, 0.29) is 11.6 Å². The van der Waals surface area contributed by atoms with Crippen molar-refractivity contribution < 1.29 is 4.79 Å². The van der Waals surface area contributed by atoms with Gasteiger partial charge in [-0.1, -0.05) is 31.2 Å². The lowest BCUT2D eigenvalue weighted by atomic mass is 9.89. The highest BCUT2D eigenvalue weighted by molar-refractivity contribution is 5.90. The normalized spacial score (nSPS) is 21.1. The summed E-state index contributed by atoms with van der Waals surface area (Å²) in [5, 5.41) is 5.84. The van der Waals surface area contributed by atoms with Crippen LogP contribution in [0.25, 0.3) is 0 Å². The lowest BCUT2D eigenvalue weighted by molar-refractivity contribution is 0.242. The summed E-state index contributed by atoms with van der Waals surface area (Å²) in [5.74, 6) is 0. The van der Waals surface area contributed by atoms with E-state index in [4.69, 9.17) is 5.73 Å². The van der Waals surface area contributed by atoms with Crippen LogP contribution in [-0.2, 0) is 0 Å². The van der Waals surface area contributed by atoms with Gasteiger partial charge >= 0.3 is 6.03 Å². The number of nitrogens with two attached hydrogens (primary N) is 1. The molecule has 1 aliphatic rings. The van der Waals surface area contributed by atoms with Gasteiger partial charge in [-0.15, -0.1) is 0 Å². The Bertz CT molecular complexity index is 505. The fourth-order valence-corrected chi connectivity index (χ4v) is 2.06. The molecule has 0 radical (unpaired) electrons. The fourth-order valence-electron chi connectivity index (χ4n) is 2.06. The summed E-state index contributed by atoms with van der Waals surface area (Å²) < 4.78 is 0. The zero-order chi connectivity index (χ0) is 13.7. The van der Waals surface area contributed by atoms with E-state index in [0.29, 0.717) is 5.69 Å². The minimum Gasteiger partial charge on any atom is -0.399 e. The Morgan fingerprint density at radius 1 is 1.32 bits per heavy atom. The molecule has 0 bridgehead atoms. The van der Waals surface area contributed by atoms with Gasteiger partial charge in [0.1, 0.15) is 0 Å². The number of urea groups is 1. The molecule has 1 atom stereocenters. The second-order valence-electron chi connectivity index (χ2n) is 4.70. The first kappa shape index (κ1) is 13.2. The van der Waals surface area contributed by atoms with Gasteiger partial charge in [-0.05, 0) is 37.1 Å². The Morgan fingerprint density at radius 3 is 2.63 bits per heavy atom. The van der Waals surface area contributed by atoms with Gasteiger partial charge in [-0.2, -0.15) is 0 Å². The lowest BCUT2D eigenvalue weighted by Gasteiger charge is -2.31. The Kier molecular flexibility index (Phi) is 3.90. The molecule has 0 spiro atoms. The van der Waals surface area contributed by atoms with E-state index < -0.39 is 0 Å². The van der Waals surface area contributed by atoms with E-state index in [1.807, 2.05) is 18.2 Å². The number of carbonyl (C=O) groups is 1. The molecule has 2 amide bonds. The number of nitrogen functional groups attached to an aromatic ring is 1. The van der Waals surface area contributed by atoms with Gasteiger partial charge in [-0.25, -0.2) is 4.79 Å². The number of rotatable bonds is 3. The van der Waals surface area contributed by atoms with E-state index in [1.165, 1.54) is 0 Å². The van der Waals surface area contributed by atoms with Crippen LogP contribution in [0.1, 0.15) is 19.8 Å². The van der Waals surface area contributed by atoms with Gasteiger partial charge in [0.2, 0.25) is 0 Å². The summed E-state index contributed by atoms with van der Waals surface area (Å²) in [4.78, 5) is 12.0. The molecular weight excluding hydrogens is 238 g/mol. The number of hydrogen-bond donors (Lipinski definition) is 3. The Hall–Kier alpha value is -2.23. The van der Waals surface area contributed by atoms with Crippen LogP contribution in [0.3, 0.4) is 0 Å². The average molecular weight is 257 g/mol. The van der Waals surface area contributed by atoms with Crippen LogP contribution >= 0.6 is 0 Å². The Morgan fingerprint density at radius 2 is 2.05 bits per heavy atom. The summed E-state index contributed by atoms with van der Waals surface area (Å²) in [6, 6.07) is 6.88.